The lowest BCUT2D eigenvalue weighted by Gasteiger charge is -2.13. The van der Waals surface area contributed by atoms with E-state index in [1.165, 1.54) is 0 Å². The molecule has 0 heterocycles. The van der Waals surface area contributed by atoms with Gasteiger partial charge in [0.05, 0.1) is 47.7 Å². The van der Waals surface area contributed by atoms with E-state index in [2.05, 4.69) is 47.8 Å². The fourth-order valence-corrected chi connectivity index (χ4v) is 4.23. The predicted octanol–water partition coefficient (Wildman–Crippen LogP) is 5.93. The van der Waals surface area contributed by atoms with Crippen molar-refractivity contribution in [3.8, 4) is 12.3 Å². The second kappa shape index (κ2) is 21.1. The Morgan fingerprint density at radius 3 is 1.89 bits per heavy atom. The first-order chi connectivity index (χ1) is 22.2. The Kier molecular flexibility index (Phi) is 17.1. The maximum atomic E-state index is 12.2. The van der Waals surface area contributed by atoms with Crippen LogP contribution in [0.25, 0.3) is 0 Å². The smallest absolute Gasteiger partial charge is 0.326 e. The first kappa shape index (κ1) is 37.4. The highest BCUT2D eigenvalue weighted by molar-refractivity contribution is 6.34. The van der Waals surface area contributed by atoms with E-state index in [0.29, 0.717) is 59.6 Å². The number of terminal acetylenes is 1. The lowest BCUT2D eigenvalue weighted by molar-refractivity contribution is 0.128. The Labute approximate surface area is 280 Å². The lowest BCUT2D eigenvalue weighted by atomic mass is 10.2. The van der Waals surface area contributed by atoms with Crippen molar-refractivity contribution in [2.24, 2.45) is 9.98 Å². The number of urea groups is 2. The van der Waals surface area contributed by atoms with E-state index < -0.39 is 12.1 Å². The Morgan fingerprint density at radius 2 is 1.39 bits per heavy atom. The van der Waals surface area contributed by atoms with Gasteiger partial charge >= 0.3 is 12.1 Å². The molecular formula is C33H40Cl2N8O3. The summed E-state index contributed by atoms with van der Waals surface area (Å²) in [5.41, 5.74) is 4.01. The van der Waals surface area contributed by atoms with Crippen LogP contribution in [0.2, 0.25) is 10.0 Å². The highest BCUT2D eigenvalue weighted by Crippen LogP contribution is 2.25. The number of hydrogen-bond donors (Lipinski definition) is 6. The van der Waals surface area contributed by atoms with Crippen molar-refractivity contribution >= 4 is 58.6 Å². The Balaban J connectivity index is 0.000000341. The molecule has 0 aliphatic carbocycles. The van der Waals surface area contributed by atoms with Gasteiger partial charge in [-0.2, -0.15) is 0 Å². The number of nitrogens with zero attached hydrogens (tertiary/aromatic N) is 2. The minimum absolute atomic E-state index is 0.276. The zero-order chi connectivity index (χ0) is 33.7. The average Bonchev–Trinajstić information content (AvgIpc) is 3.03. The zero-order valence-electron chi connectivity index (χ0n) is 26.3. The minimum atomic E-state index is -0.443. The number of aryl methyl sites for hydroxylation is 2. The third-order valence-corrected chi connectivity index (χ3v) is 6.56. The molecule has 0 atom stereocenters. The van der Waals surface area contributed by atoms with Gasteiger partial charge in [-0.1, -0.05) is 83.7 Å². The molecule has 0 fully saturated rings. The largest absolute Gasteiger partial charge is 0.375 e. The molecule has 4 amide bonds. The molecule has 0 aliphatic heterocycles. The third kappa shape index (κ3) is 13.9. The van der Waals surface area contributed by atoms with Crippen LogP contribution in [0.15, 0.2) is 76.7 Å². The van der Waals surface area contributed by atoms with Crippen LogP contribution in [-0.2, 0) is 11.3 Å². The van der Waals surface area contributed by atoms with Crippen LogP contribution in [0.3, 0.4) is 0 Å². The van der Waals surface area contributed by atoms with Gasteiger partial charge in [-0.05, 0) is 49.6 Å². The van der Waals surface area contributed by atoms with Crippen LogP contribution in [0.4, 0.5) is 21.0 Å². The predicted molar refractivity (Wildman–Crippen MR) is 189 cm³/mol. The summed E-state index contributed by atoms with van der Waals surface area (Å²) < 4.78 is 5.60. The second-order valence-electron chi connectivity index (χ2n) is 9.45. The average molecular weight is 668 g/mol. The van der Waals surface area contributed by atoms with Gasteiger partial charge in [0.2, 0.25) is 0 Å². The van der Waals surface area contributed by atoms with Crippen LogP contribution in [0, 0.1) is 26.2 Å². The summed E-state index contributed by atoms with van der Waals surface area (Å²) in [7, 11) is 1.54. The van der Waals surface area contributed by atoms with E-state index >= 15 is 0 Å². The van der Waals surface area contributed by atoms with E-state index in [1.54, 1.807) is 19.2 Å². The number of para-hydroxylation sites is 2. The molecular weight excluding hydrogens is 627 g/mol. The number of guanidine groups is 2. The molecule has 6 N–H and O–H groups in total. The summed E-state index contributed by atoms with van der Waals surface area (Å²) >= 11 is 12.1. The first-order valence-corrected chi connectivity index (χ1v) is 15.1. The van der Waals surface area contributed by atoms with Crippen molar-refractivity contribution in [1.29, 1.82) is 0 Å². The maximum absolute atomic E-state index is 12.2. The highest BCUT2D eigenvalue weighted by Gasteiger charge is 2.11. The molecule has 0 unspecified atom stereocenters. The summed E-state index contributed by atoms with van der Waals surface area (Å²) in [4.78, 5) is 32.2. The number of rotatable bonds is 9. The Bertz CT molecular complexity index is 1480. The second-order valence-corrected chi connectivity index (χ2v) is 10.3. The van der Waals surface area contributed by atoms with E-state index in [4.69, 9.17) is 34.4 Å². The van der Waals surface area contributed by atoms with Crippen molar-refractivity contribution in [3.63, 3.8) is 0 Å². The van der Waals surface area contributed by atoms with Crippen LogP contribution in [0.5, 0.6) is 0 Å². The molecule has 13 heteroatoms. The van der Waals surface area contributed by atoms with Crippen LogP contribution >= 0.6 is 23.2 Å². The minimum Gasteiger partial charge on any atom is -0.375 e. The van der Waals surface area contributed by atoms with Crippen molar-refractivity contribution in [2.45, 2.75) is 27.4 Å². The molecule has 46 heavy (non-hydrogen) atoms. The van der Waals surface area contributed by atoms with Gasteiger partial charge < -0.3 is 26.0 Å². The molecule has 0 spiro atoms. The number of carbonyl (C=O) groups excluding carboxylic acids is 2. The molecule has 11 nitrogen and oxygen atoms in total. The summed E-state index contributed by atoms with van der Waals surface area (Å²) in [6.07, 6.45) is 5.11. The molecule has 3 aromatic carbocycles. The van der Waals surface area contributed by atoms with Gasteiger partial charge in [-0.15, -0.1) is 6.42 Å². The quantitative estimate of drug-likeness (QED) is 0.0727. The molecule has 3 aromatic rings. The number of anilines is 2. The van der Waals surface area contributed by atoms with Crippen molar-refractivity contribution in [1.82, 2.24) is 21.3 Å². The highest BCUT2D eigenvalue weighted by atomic mass is 35.5. The molecule has 0 aliphatic rings. The maximum Gasteiger partial charge on any atom is 0.326 e. The number of amides is 4. The van der Waals surface area contributed by atoms with Gasteiger partial charge in [-0.25, -0.2) is 9.59 Å². The van der Waals surface area contributed by atoms with Gasteiger partial charge in [0.1, 0.15) is 0 Å². The van der Waals surface area contributed by atoms with Gasteiger partial charge in [0.15, 0.2) is 11.9 Å². The summed E-state index contributed by atoms with van der Waals surface area (Å²) in [6, 6.07) is 19.9. The molecule has 0 bridgehead atoms. The molecule has 244 valence electrons. The lowest BCUT2D eigenvalue weighted by Crippen LogP contribution is -2.43. The first-order valence-electron chi connectivity index (χ1n) is 14.4. The van der Waals surface area contributed by atoms with E-state index in [1.807, 2.05) is 75.4 Å². The number of nitrogens with one attached hydrogen (secondary N) is 6. The van der Waals surface area contributed by atoms with Gasteiger partial charge in [0, 0.05) is 13.6 Å². The number of ether oxygens (including phenoxy) is 1. The number of benzene rings is 3. The fourth-order valence-electron chi connectivity index (χ4n) is 3.69. The number of halogens is 2. The van der Waals surface area contributed by atoms with Gasteiger partial charge in [0.25, 0.3) is 0 Å². The molecule has 0 radical (unpaired) electrons. The summed E-state index contributed by atoms with van der Waals surface area (Å²) in [6.45, 7) is 7.99. The van der Waals surface area contributed by atoms with Crippen molar-refractivity contribution in [3.05, 3.63) is 93.5 Å². The Morgan fingerprint density at radius 1 is 0.826 bits per heavy atom. The topological polar surface area (TPSA) is 140 Å². The third-order valence-electron chi connectivity index (χ3n) is 5.93. The SMILES string of the molecule is C#CCNC(=NC)NC(=O)Nc1c(C)cccc1Cl.CCNC(=NCCOCc1ccccc1)NC(=O)Nc1c(C)cccc1Cl. The van der Waals surface area contributed by atoms with Crippen LogP contribution < -0.4 is 31.9 Å². The number of aliphatic imine (C=N–C) groups is 2. The van der Waals surface area contributed by atoms with Gasteiger partial charge in [-0.3, -0.25) is 20.6 Å². The fraction of sp³-hybridized carbons (Fsp3) is 0.273. The molecule has 0 saturated heterocycles. The van der Waals surface area contributed by atoms with Crippen LogP contribution in [0.1, 0.15) is 23.6 Å². The van der Waals surface area contributed by atoms with Crippen LogP contribution in [-0.4, -0.2) is 57.3 Å². The summed E-state index contributed by atoms with van der Waals surface area (Å²) in [5.74, 6) is 3.07. The molecule has 0 aromatic heterocycles. The Hall–Kier alpha value is -4.76. The normalized spacial score (nSPS) is 10.9. The van der Waals surface area contributed by atoms with Crippen molar-refractivity contribution in [2.75, 3.05) is 43.9 Å². The van der Waals surface area contributed by atoms with Crippen molar-refractivity contribution < 1.29 is 14.3 Å². The monoisotopic (exact) mass is 666 g/mol. The van der Waals surface area contributed by atoms with E-state index in [-0.39, 0.29) is 6.54 Å². The summed E-state index contributed by atoms with van der Waals surface area (Å²) in [5, 5.41) is 17.4. The van der Waals surface area contributed by atoms with E-state index in [0.717, 1.165) is 16.7 Å². The molecule has 3 rings (SSSR count). The zero-order valence-corrected chi connectivity index (χ0v) is 27.9. The number of carbonyl (C=O) groups is 2. The molecule has 0 saturated carbocycles. The standard InChI is InChI=1S/C20H25ClN4O2.C13H15ClN4O/c1-3-22-19(23-12-13-27-14-16-9-5-4-6-10-16)25-20(26)24-18-15(2)8-7-11-17(18)21;1-4-8-16-12(15-3)18-13(19)17-11-9(2)6-5-7-10(11)14/h4-11H,3,12-14H2,1-2H3,(H3,22,23,24,25,26);1,5-7H,8H2,2-3H3,(H3,15,16,17,18,19). The van der Waals surface area contributed by atoms with E-state index in [9.17, 15) is 9.59 Å². The number of hydrogen-bond acceptors (Lipinski definition) is 5.